The Labute approximate surface area is 243 Å². The Morgan fingerprint density at radius 3 is 2.37 bits per heavy atom. The van der Waals surface area contributed by atoms with Gasteiger partial charge in [-0.25, -0.2) is 9.37 Å². The molecule has 0 atom stereocenters. The van der Waals surface area contributed by atoms with E-state index in [0.717, 1.165) is 11.1 Å². The maximum atomic E-state index is 13.1. The average Bonchev–Trinajstić information content (AvgIpc) is 2.95. The van der Waals surface area contributed by atoms with Gasteiger partial charge in [0.2, 0.25) is 5.36 Å². The maximum Gasteiger partial charge on any atom is 0.395 e. The van der Waals surface area contributed by atoms with Gasteiger partial charge in [0.05, 0.1) is 18.1 Å². The van der Waals surface area contributed by atoms with Crippen LogP contribution in [0.2, 0.25) is 0 Å². The van der Waals surface area contributed by atoms with Crippen LogP contribution in [0.15, 0.2) is 48.5 Å². The van der Waals surface area contributed by atoms with E-state index in [-0.39, 0.29) is 18.7 Å². The molecule has 226 valence electrons. The van der Waals surface area contributed by atoms with Crippen molar-refractivity contribution in [3.05, 3.63) is 86.9 Å². The zero-order chi connectivity index (χ0) is 30.5. The molecule has 1 N–H and O–H groups in total. The van der Waals surface area contributed by atoms with Crippen LogP contribution in [0.3, 0.4) is 0 Å². The molecule has 0 bridgehead atoms. The molecule has 11 heteroatoms. The van der Waals surface area contributed by atoms with E-state index in [1.54, 1.807) is 39.8 Å². The smallest absolute Gasteiger partial charge is 0.395 e. The molecular weight excluding hydrogens is 574 g/mol. The lowest BCUT2D eigenvalue weighted by Gasteiger charge is -2.33. The van der Waals surface area contributed by atoms with Crippen LogP contribution in [0.1, 0.15) is 58.3 Å². The average molecular weight is 604 g/mol. The Morgan fingerprint density at radius 1 is 0.884 bits per heavy atom. The molecule has 3 aliphatic heterocycles. The normalized spacial score (nSPS) is 16.2. The van der Waals surface area contributed by atoms with Crippen molar-refractivity contribution in [3.63, 3.8) is 0 Å². The van der Waals surface area contributed by atoms with Gasteiger partial charge in [-0.05, 0) is 48.6 Å². The zero-order valence-electron chi connectivity index (χ0n) is 23.1. The van der Waals surface area contributed by atoms with Crippen LogP contribution >= 0.6 is 0 Å². The van der Waals surface area contributed by atoms with Crippen LogP contribution in [0, 0.1) is 0 Å². The molecule has 3 heterocycles. The highest BCUT2D eigenvalue weighted by molar-refractivity contribution is 5.98. The molecule has 3 aromatic rings. The lowest BCUT2D eigenvalue weighted by molar-refractivity contribution is -0.134. The first-order chi connectivity index (χ1) is 20.4. The van der Waals surface area contributed by atoms with Crippen molar-refractivity contribution in [2.75, 3.05) is 31.1 Å². The van der Waals surface area contributed by atoms with Crippen molar-refractivity contribution in [1.82, 2.24) is 4.58 Å². The molecule has 0 saturated heterocycles. The maximum absolute atomic E-state index is 13.1. The Morgan fingerprint density at radius 2 is 1.63 bits per heavy atom. The predicted molar refractivity (Wildman–Crippen MR) is 148 cm³/mol. The van der Waals surface area contributed by atoms with Crippen LogP contribution < -0.4 is 24.8 Å². The molecule has 6 rings (SSSR count). The van der Waals surface area contributed by atoms with Gasteiger partial charge in [0.15, 0.2) is 6.54 Å². The second-order valence-corrected chi connectivity index (χ2v) is 11.2. The number of carboxylic acids is 1. The summed E-state index contributed by atoms with van der Waals surface area (Å²) in [6, 6.07) is 13.8. The van der Waals surface area contributed by atoms with Crippen LogP contribution in [0.5, 0.6) is 11.5 Å². The molecule has 3 aliphatic rings. The first-order valence-electron chi connectivity index (χ1n) is 14.2. The largest absolute Gasteiger partial charge is 0.478 e. The summed E-state index contributed by atoms with van der Waals surface area (Å²) in [7, 11) is 0. The molecule has 0 unspecified atom stereocenters. The number of hydrogen-bond acceptors (Lipinski definition) is 3. The number of carboxylic acid groups (broad SMARTS) is 1. The molecule has 3 aromatic carbocycles. The standard InChI is InChI=1S/C32H28F6N2O3/c33-31(34,35)9-13-39-11-3-5-19-15-23-27(17-25(19)39)43-28-18-26-20(6-4-12-40(26)14-10-32(36,37)38)16-24(28)29(23)21-7-1-2-8-22(21)30(41)42/h1-2,7-8,15-18H,3-6,9-14H2/p+1. The third-order valence-electron chi connectivity index (χ3n) is 8.31. The van der Waals surface area contributed by atoms with Crippen molar-refractivity contribution in [1.29, 1.82) is 0 Å². The summed E-state index contributed by atoms with van der Waals surface area (Å²) >= 11 is 0. The number of rotatable bonds is 6. The van der Waals surface area contributed by atoms with Gasteiger partial charge in [0.25, 0.3) is 0 Å². The van der Waals surface area contributed by atoms with E-state index in [4.69, 9.17) is 4.74 Å². The van der Waals surface area contributed by atoms with E-state index in [1.165, 1.54) is 6.07 Å². The van der Waals surface area contributed by atoms with Gasteiger partial charge in [-0.15, -0.1) is 0 Å². The predicted octanol–water partition coefficient (Wildman–Crippen LogP) is 5.83. The van der Waals surface area contributed by atoms with E-state index in [2.05, 4.69) is 0 Å². The number of nitrogens with zero attached hydrogens (tertiary/aromatic N) is 2. The minimum absolute atomic E-state index is 0.0744. The molecule has 0 aliphatic carbocycles. The van der Waals surface area contributed by atoms with E-state index in [9.17, 15) is 36.2 Å². The Balaban J connectivity index is 1.58. The number of ether oxygens (including phenoxy) is 1. The highest BCUT2D eigenvalue weighted by Gasteiger charge is 2.33. The summed E-state index contributed by atoms with van der Waals surface area (Å²) in [6.45, 7) is 0.509. The molecule has 5 nitrogen and oxygen atoms in total. The molecule has 0 amide bonds. The lowest BCUT2D eigenvalue weighted by Crippen LogP contribution is -2.40. The number of carbonyl (C=O) groups is 1. The number of halogens is 6. The van der Waals surface area contributed by atoms with Gasteiger partial charge in [-0.2, -0.15) is 26.3 Å². The zero-order valence-corrected chi connectivity index (χ0v) is 23.1. The number of benzene rings is 3. The van der Waals surface area contributed by atoms with E-state index in [1.807, 2.05) is 12.1 Å². The minimum atomic E-state index is -4.31. The first-order valence-corrected chi connectivity index (χ1v) is 14.2. The second kappa shape index (κ2) is 10.9. The summed E-state index contributed by atoms with van der Waals surface area (Å²) in [5.74, 6) is -0.402. The summed E-state index contributed by atoms with van der Waals surface area (Å²) in [4.78, 5) is 14.0. The van der Waals surface area contributed by atoms with Gasteiger partial charge >= 0.3 is 18.3 Å². The Bertz CT molecular complexity index is 1730. The van der Waals surface area contributed by atoms with Gasteiger partial charge in [0, 0.05) is 53.2 Å². The molecule has 0 aromatic heterocycles. The molecule has 43 heavy (non-hydrogen) atoms. The fourth-order valence-corrected chi connectivity index (χ4v) is 6.37. The van der Waals surface area contributed by atoms with E-state index >= 15 is 0 Å². The summed E-state index contributed by atoms with van der Waals surface area (Å²) in [5, 5.41) is 11.3. The van der Waals surface area contributed by atoms with Crippen molar-refractivity contribution in [2.24, 2.45) is 0 Å². The number of aryl methyl sites for hydroxylation is 2. The van der Waals surface area contributed by atoms with E-state index < -0.39 is 31.2 Å². The molecular formula is C32H29F6N2O3+. The second-order valence-electron chi connectivity index (χ2n) is 11.2. The van der Waals surface area contributed by atoms with Crippen LogP contribution in [0.4, 0.5) is 32.0 Å². The SMILES string of the molecule is O=C(O)c1ccccc1C1=c2cc3c(cc2Oc2cc4c(cc21)CCCN4CCC(F)(F)F)=[N+](CCC(F)(F)F)CCC3. The van der Waals surface area contributed by atoms with Gasteiger partial charge < -0.3 is 14.7 Å². The fraction of sp³-hybridized carbons (Fsp3) is 0.375. The van der Waals surface area contributed by atoms with Crippen LogP contribution in [-0.2, 0) is 12.8 Å². The van der Waals surface area contributed by atoms with Crippen LogP contribution in [-0.4, -0.2) is 49.6 Å². The number of fused-ring (bicyclic) bond motifs is 4. The van der Waals surface area contributed by atoms with Crippen molar-refractivity contribution in [3.8, 4) is 11.5 Å². The first kappa shape index (κ1) is 29.1. The Hall–Kier alpha value is -4.02. The molecule has 0 spiro atoms. The van der Waals surface area contributed by atoms with E-state index in [0.29, 0.717) is 83.2 Å². The highest BCUT2D eigenvalue weighted by Crippen LogP contribution is 2.43. The quantitative estimate of drug-likeness (QED) is 0.223. The molecule has 0 saturated carbocycles. The number of anilines is 1. The number of hydrogen-bond donors (Lipinski definition) is 1. The van der Waals surface area contributed by atoms with Gasteiger partial charge in [0.1, 0.15) is 24.5 Å². The van der Waals surface area contributed by atoms with Gasteiger partial charge in [-0.1, -0.05) is 18.2 Å². The van der Waals surface area contributed by atoms with Crippen molar-refractivity contribution in [2.45, 2.75) is 50.9 Å². The summed E-state index contributed by atoms with van der Waals surface area (Å²) in [6.07, 6.45) is -7.91. The highest BCUT2D eigenvalue weighted by atomic mass is 19.4. The third-order valence-corrected chi connectivity index (χ3v) is 8.31. The molecule has 0 radical (unpaired) electrons. The fourth-order valence-electron chi connectivity index (χ4n) is 6.37. The monoisotopic (exact) mass is 603 g/mol. The third kappa shape index (κ3) is 5.94. The Kier molecular flexibility index (Phi) is 7.38. The van der Waals surface area contributed by atoms with Gasteiger partial charge in [-0.3, -0.25) is 0 Å². The van der Waals surface area contributed by atoms with Crippen molar-refractivity contribution < 1.29 is 41.0 Å². The topological polar surface area (TPSA) is 52.8 Å². The van der Waals surface area contributed by atoms with Crippen LogP contribution in [0.25, 0.3) is 5.57 Å². The number of alkyl halides is 6. The van der Waals surface area contributed by atoms with Crippen molar-refractivity contribution >= 4 is 17.2 Å². The summed E-state index contributed by atoms with van der Waals surface area (Å²) in [5.41, 5.74) is 4.09. The number of aromatic carboxylic acids is 1. The molecule has 0 fully saturated rings. The summed E-state index contributed by atoms with van der Waals surface area (Å²) < 4.78 is 86.6. The minimum Gasteiger partial charge on any atom is -0.478 e. The lowest BCUT2D eigenvalue weighted by atomic mass is 9.86.